The number of nitrogens with zero attached hydrogens (tertiary/aromatic N) is 12. The third-order valence-electron chi connectivity index (χ3n) is 20.8. The first-order valence-corrected chi connectivity index (χ1v) is 44.8. The van der Waals surface area contributed by atoms with Gasteiger partial charge in [0, 0.05) is 197 Å². The zero-order chi connectivity index (χ0) is 103. The largest absolute Gasteiger partial charge is 0.573 e. The maximum atomic E-state index is 13.6. The van der Waals surface area contributed by atoms with Gasteiger partial charge in [-0.2, -0.15) is 13.2 Å². The van der Waals surface area contributed by atoms with E-state index in [1.165, 1.54) is 79.6 Å². The molecule has 776 valence electrons. The minimum absolute atomic E-state index is 0. The van der Waals surface area contributed by atoms with Crippen LogP contribution >= 0.6 is 23.2 Å². The van der Waals surface area contributed by atoms with Crippen molar-refractivity contribution in [3.63, 3.8) is 0 Å². The Labute approximate surface area is 803 Å². The molecule has 3 aliphatic heterocycles. The van der Waals surface area contributed by atoms with Crippen molar-refractivity contribution in [2.75, 3.05) is 257 Å². The number of hydrogen-bond donors (Lipinski definition) is 2. The maximum absolute atomic E-state index is 13.6. The van der Waals surface area contributed by atoms with E-state index in [0.29, 0.717) is 53.5 Å². The quantitative estimate of drug-likeness (QED) is 0.0417. The molecule has 137 heavy (non-hydrogen) atoms. The summed E-state index contributed by atoms with van der Waals surface area (Å²) in [7, 11) is 23.2. The van der Waals surface area contributed by atoms with E-state index in [0.717, 1.165) is 189 Å². The van der Waals surface area contributed by atoms with Crippen LogP contribution in [0.5, 0.6) is 28.7 Å². The van der Waals surface area contributed by atoms with E-state index >= 15 is 0 Å². The number of anilines is 7. The molecule has 3 aliphatic rings. The molecule has 7 aromatic carbocycles. The molecule has 42 heteroatoms. The highest BCUT2D eigenvalue weighted by Crippen LogP contribution is 2.42. The molecule has 19 nitrogen and oxygen atoms in total. The molecule has 10 rings (SSSR count). The number of piperazine rings is 1. The van der Waals surface area contributed by atoms with Gasteiger partial charge in [0.25, 0.3) is 5.92 Å². The normalized spacial score (nSPS) is 14.2. The van der Waals surface area contributed by atoms with Crippen molar-refractivity contribution < 1.29 is 116 Å². The van der Waals surface area contributed by atoms with Crippen molar-refractivity contribution in [2.24, 2.45) is 0 Å². The Morgan fingerprint density at radius 1 is 0.343 bits per heavy atom. The number of alkyl halides is 20. The Hall–Kier alpha value is -9.03. The van der Waals surface area contributed by atoms with Crippen LogP contribution < -0.4 is 58.8 Å². The average Bonchev–Trinajstić information content (AvgIpc) is 1.38. The predicted octanol–water partition coefficient (Wildman–Crippen LogP) is 23.2. The van der Waals surface area contributed by atoms with Crippen molar-refractivity contribution in [3.8, 4) is 28.7 Å². The maximum Gasteiger partial charge on any atom is 0.573 e. The second-order valence-corrected chi connectivity index (χ2v) is 35.6. The summed E-state index contributed by atoms with van der Waals surface area (Å²) in [6, 6.07) is 29.3. The van der Waals surface area contributed by atoms with Gasteiger partial charge in [0.1, 0.15) is 28.7 Å². The van der Waals surface area contributed by atoms with Crippen LogP contribution in [-0.4, -0.2) is 288 Å². The Bertz CT molecular complexity index is 4700. The average molecular weight is 2020 g/mol. The van der Waals surface area contributed by atoms with Gasteiger partial charge in [-0.15, -0.1) is 65.9 Å². The highest BCUT2D eigenvalue weighted by Gasteiger charge is 2.38. The number of ether oxygens (including phenoxy) is 5. The Balaban J connectivity index is 0.000000411. The molecular weight excluding hydrogens is 1890 g/mol. The molecule has 0 amide bonds. The molecule has 0 spiro atoms. The van der Waals surface area contributed by atoms with Gasteiger partial charge in [-0.1, -0.05) is 30.1 Å². The lowest BCUT2D eigenvalue weighted by atomic mass is 10.0. The van der Waals surface area contributed by atoms with Crippen molar-refractivity contribution in [1.29, 1.82) is 0 Å². The molecule has 7 aromatic rings. The molecule has 0 aromatic heterocycles. The van der Waals surface area contributed by atoms with E-state index in [-0.39, 0.29) is 49.1 Å². The van der Waals surface area contributed by atoms with E-state index < -0.39 is 49.5 Å². The monoisotopic (exact) mass is 2020 g/mol. The Morgan fingerprint density at radius 3 is 1.15 bits per heavy atom. The number of halogens is 23. The van der Waals surface area contributed by atoms with Crippen LogP contribution in [0.4, 0.5) is 132 Å². The minimum Gasteiger partial charge on any atom is -0.406 e. The number of nitrogens with one attached hydrogen (secondary N) is 2. The summed E-state index contributed by atoms with van der Waals surface area (Å²) in [5.41, 5.74) is 8.79. The van der Waals surface area contributed by atoms with Crippen LogP contribution in [0, 0.1) is 48.5 Å². The van der Waals surface area contributed by atoms with Gasteiger partial charge in [0.05, 0.1) is 27.0 Å². The molecule has 2 N–H and O–H groups in total. The van der Waals surface area contributed by atoms with Gasteiger partial charge in [-0.25, -0.2) is 8.78 Å². The van der Waals surface area contributed by atoms with Crippen LogP contribution in [0.3, 0.4) is 0 Å². The van der Waals surface area contributed by atoms with E-state index in [9.17, 15) is 87.8 Å². The summed E-state index contributed by atoms with van der Waals surface area (Å²) >= 11 is 12.0. The smallest absolute Gasteiger partial charge is 0.406 e. The van der Waals surface area contributed by atoms with Crippen LogP contribution in [0.25, 0.3) is 0 Å². The molecule has 0 radical (unpaired) electrons. The van der Waals surface area contributed by atoms with Gasteiger partial charge in [-0.05, 0) is 294 Å². The summed E-state index contributed by atoms with van der Waals surface area (Å²) in [5, 5.41) is 5.86. The molecular formula is C95H135Cl2F21N14O5. The second-order valence-electron chi connectivity index (χ2n) is 34.8. The van der Waals surface area contributed by atoms with Gasteiger partial charge >= 0.3 is 38.0 Å². The number of rotatable bonds is 30. The molecule has 0 atom stereocenters. The van der Waals surface area contributed by atoms with E-state index in [1.54, 1.807) is 53.7 Å². The summed E-state index contributed by atoms with van der Waals surface area (Å²) in [5.74, 6) is -3.77. The highest BCUT2D eigenvalue weighted by molar-refractivity contribution is 6.34. The fourth-order valence-electron chi connectivity index (χ4n) is 14.1. The molecule has 0 saturated carbocycles. The van der Waals surface area contributed by atoms with Crippen LogP contribution in [-0.2, 0) is 12.1 Å². The number of likely N-dealkylation sites (N-methyl/N-ethyl adjacent to an activating group) is 7. The predicted molar refractivity (Wildman–Crippen MR) is 509 cm³/mol. The van der Waals surface area contributed by atoms with Gasteiger partial charge in [0.2, 0.25) is 0 Å². The number of benzene rings is 7. The van der Waals surface area contributed by atoms with E-state index in [1.807, 2.05) is 144 Å². The standard InChI is InChI=1S/C15H23ClF2N2.C15H21F3N2O.2C14H19F3N2O.C13H19F3N2O.C12H16ClF3N2.C12H17F3N2O.FH/c1-11-9-12(15(2,17)18)14(16)13(10-11)20(5)8-6-7-19(3)4;1-12-9-13(11-14(10-12)21-15(16,17)18)19(2)7-8-20-5-3-4-6-20;1-11-8-12(10-13(9-11)20-14(15,16)17)19-5-3-4-18(2)6-7-19;1-3-18-4-6-19(7-5-18)12-8-11(2)9-13(10-12)20-14(15,16)17;1-10-7-11(18(4)6-5-17(2)3)9-12(8-10)19-13(14,15)16;1-8-6-9(12(14,15)16)11(13)10(7-8)17-4-5-18(2)3;1-9-6-10(16-4-5-17(2)3)8-11(7-9)18-12(13,14)15;/h9-10H,6-8H2,1-5H3;9-11H,3-8H2,1-2H3;2*8-10H,3-7H2,1-2H3;7-9H,5-6H2,1-4H3;6-7,17H,4-5H2,1-3H3;6-8,16H,4-5H2,1-3H3;1H. The molecule has 3 heterocycles. The summed E-state index contributed by atoms with van der Waals surface area (Å²) in [4.78, 5) is 25.0. The van der Waals surface area contributed by atoms with E-state index in [4.69, 9.17) is 23.2 Å². The highest BCUT2D eigenvalue weighted by atomic mass is 35.5. The summed E-state index contributed by atoms with van der Waals surface area (Å²) < 4.78 is 269. The SMILES string of the molecule is CCN1CCN(c2cc(C)cc(OC(F)(F)F)c2)CC1.Cc1cc(N(C)CCCN(C)C)c(Cl)c(C(C)(F)F)c1.Cc1cc(NCCN(C)C)c(Cl)c(C(F)(F)F)c1.Cc1cc(NCCN(C)C)cc(OC(F)(F)F)c1.Cc1cc(OC(F)(F)F)cc(N(C)CCN(C)C)c1.Cc1cc(OC(F)(F)F)cc(N(C)CCN2CCCC2)c1.Cc1cc(OC(F)(F)F)cc(N2CCCN(C)CC2)c1.F. The number of hydrogen-bond acceptors (Lipinski definition) is 19. The fourth-order valence-corrected chi connectivity index (χ4v) is 14.8. The topological polar surface area (TPSA) is 109 Å². The van der Waals surface area contributed by atoms with Crippen molar-refractivity contribution in [3.05, 3.63) is 175 Å². The fraction of sp³-hybridized carbons (Fsp3) is 0.558. The molecule has 0 bridgehead atoms. The molecule has 0 unspecified atom stereocenters. The summed E-state index contributed by atoms with van der Waals surface area (Å²) in [6.07, 6.45) is -23.3. The lowest BCUT2D eigenvalue weighted by molar-refractivity contribution is -0.275. The van der Waals surface area contributed by atoms with Crippen molar-refractivity contribution >= 4 is 63.0 Å². The first-order valence-electron chi connectivity index (χ1n) is 44.1. The zero-order valence-electron chi connectivity index (χ0n) is 81.8. The lowest BCUT2D eigenvalue weighted by Crippen LogP contribution is -2.46. The Morgan fingerprint density at radius 2 is 0.723 bits per heavy atom. The summed E-state index contributed by atoms with van der Waals surface area (Å²) in [6.45, 7) is 33.2. The second kappa shape index (κ2) is 56.4. The Kier molecular flexibility index (Phi) is 50.3. The lowest BCUT2D eigenvalue weighted by Gasteiger charge is -2.35. The third kappa shape index (κ3) is 50.6. The van der Waals surface area contributed by atoms with Gasteiger partial charge in [-0.3, -0.25) is 4.70 Å². The number of aryl methyl sites for hydroxylation is 7. The first kappa shape index (κ1) is 122. The van der Waals surface area contributed by atoms with Crippen molar-refractivity contribution in [2.45, 2.75) is 132 Å². The van der Waals surface area contributed by atoms with Gasteiger partial charge in [0.15, 0.2) is 0 Å². The van der Waals surface area contributed by atoms with Gasteiger partial charge < -0.3 is 93.1 Å². The van der Waals surface area contributed by atoms with Crippen molar-refractivity contribution in [1.82, 2.24) is 34.3 Å². The first-order chi connectivity index (χ1) is 62.8. The number of likely N-dealkylation sites (tertiary alicyclic amines) is 1. The molecule has 0 aliphatic carbocycles. The molecule has 3 fully saturated rings. The van der Waals surface area contributed by atoms with Crippen LogP contribution in [0.2, 0.25) is 10.0 Å². The zero-order valence-corrected chi connectivity index (χ0v) is 83.3. The van der Waals surface area contributed by atoms with E-state index in [2.05, 4.69) is 77.7 Å². The minimum atomic E-state index is -4.66. The molecule has 3 saturated heterocycles. The van der Waals surface area contributed by atoms with Crippen LogP contribution in [0.15, 0.2) is 115 Å². The van der Waals surface area contributed by atoms with Crippen LogP contribution in [0.1, 0.15) is 89.6 Å². The third-order valence-corrected chi connectivity index (χ3v) is 21.6.